The zero-order valence-corrected chi connectivity index (χ0v) is 10.6. The molecule has 1 heterocycles. The van der Waals surface area contributed by atoms with Crippen molar-refractivity contribution < 1.29 is 9.53 Å². The number of hydrogen-bond acceptors (Lipinski definition) is 2. The highest BCUT2D eigenvalue weighted by atomic mass is 79.9. The molecule has 2 nitrogen and oxygen atoms in total. The van der Waals surface area contributed by atoms with Gasteiger partial charge in [0.15, 0.2) is 5.78 Å². The Kier molecular flexibility index (Phi) is 2.38. The maximum Gasteiger partial charge on any atom is 0.159 e. The second kappa shape index (κ2) is 3.34. The molecule has 0 unspecified atom stereocenters. The molecule has 0 spiro atoms. The molecule has 0 fully saturated rings. The van der Waals surface area contributed by atoms with Crippen LogP contribution in [0.4, 0.5) is 0 Å². The van der Waals surface area contributed by atoms with Gasteiger partial charge in [-0.2, -0.15) is 0 Å². The van der Waals surface area contributed by atoms with Crippen LogP contribution in [0.15, 0.2) is 16.6 Å². The Hall–Kier alpha value is -0.830. The molecular weight excluding hydrogens is 256 g/mol. The summed E-state index contributed by atoms with van der Waals surface area (Å²) in [6, 6.07) is 3.76. The summed E-state index contributed by atoms with van der Waals surface area (Å²) in [5.41, 5.74) is 1.84. The van der Waals surface area contributed by atoms with E-state index < -0.39 is 0 Å². The predicted molar refractivity (Wildman–Crippen MR) is 62.7 cm³/mol. The molecule has 80 valence electrons. The molecule has 1 aromatic rings. The van der Waals surface area contributed by atoms with Crippen molar-refractivity contribution >= 4 is 21.7 Å². The van der Waals surface area contributed by atoms with Crippen LogP contribution in [-0.2, 0) is 5.41 Å². The Morgan fingerprint density at radius 1 is 1.47 bits per heavy atom. The van der Waals surface area contributed by atoms with E-state index >= 15 is 0 Å². The van der Waals surface area contributed by atoms with Crippen LogP contribution in [0.25, 0.3) is 0 Å². The van der Waals surface area contributed by atoms with Gasteiger partial charge in [0, 0.05) is 16.5 Å². The smallest absolute Gasteiger partial charge is 0.159 e. The summed E-state index contributed by atoms with van der Waals surface area (Å²) in [5, 5.41) is 0. The van der Waals surface area contributed by atoms with Crippen LogP contribution in [0.2, 0.25) is 0 Å². The van der Waals surface area contributed by atoms with Gasteiger partial charge in [-0.05, 0) is 35.0 Å². The molecule has 1 aliphatic rings. The third-order valence-electron chi connectivity index (χ3n) is 2.76. The van der Waals surface area contributed by atoms with E-state index in [1.807, 2.05) is 12.1 Å². The van der Waals surface area contributed by atoms with Gasteiger partial charge >= 0.3 is 0 Å². The van der Waals surface area contributed by atoms with Crippen molar-refractivity contribution in [2.45, 2.75) is 26.2 Å². The minimum absolute atomic E-state index is 0.0106. The van der Waals surface area contributed by atoms with Crippen molar-refractivity contribution in [2.24, 2.45) is 0 Å². The van der Waals surface area contributed by atoms with Gasteiger partial charge in [-0.15, -0.1) is 0 Å². The number of fused-ring (bicyclic) bond motifs is 1. The molecule has 0 radical (unpaired) electrons. The largest absolute Gasteiger partial charge is 0.491 e. The first-order valence-electron chi connectivity index (χ1n) is 4.89. The van der Waals surface area contributed by atoms with Crippen LogP contribution in [0.1, 0.15) is 36.7 Å². The lowest BCUT2D eigenvalue weighted by Gasteiger charge is -2.15. The normalized spacial score (nSPS) is 17.1. The fourth-order valence-corrected chi connectivity index (χ4v) is 2.35. The number of Topliss-reactive ketones (excluding diaryl/α,β-unsaturated/α-hetero) is 1. The zero-order chi connectivity index (χ0) is 11.2. The summed E-state index contributed by atoms with van der Waals surface area (Å²) in [6.45, 7) is 6.49. The Morgan fingerprint density at radius 2 is 2.13 bits per heavy atom. The summed E-state index contributed by atoms with van der Waals surface area (Å²) in [4.78, 5) is 11.3. The van der Waals surface area contributed by atoms with Crippen molar-refractivity contribution in [1.82, 2.24) is 0 Å². The van der Waals surface area contributed by atoms with Gasteiger partial charge in [0.2, 0.25) is 0 Å². The van der Waals surface area contributed by atoms with Crippen LogP contribution in [0.3, 0.4) is 0 Å². The minimum Gasteiger partial charge on any atom is -0.491 e. The van der Waals surface area contributed by atoms with Gasteiger partial charge in [0.1, 0.15) is 5.75 Å². The molecule has 0 saturated heterocycles. The molecule has 0 amide bonds. The van der Waals surface area contributed by atoms with Crippen LogP contribution in [-0.4, -0.2) is 12.4 Å². The van der Waals surface area contributed by atoms with Gasteiger partial charge in [0.05, 0.1) is 11.1 Å². The molecule has 0 aliphatic carbocycles. The number of carbonyl (C=O) groups is 1. The molecule has 1 aromatic carbocycles. The van der Waals surface area contributed by atoms with Gasteiger partial charge in [-0.3, -0.25) is 4.79 Å². The first-order valence-corrected chi connectivity index (χ1v) is 5.69. The first kappa shape index (κ1) is 10.7. The summed E-state index contributed by atoms with van der Waals surface area (Å²) >= 11 is 3.44. The Bertz CT molecular complexity index is 435. The lowest BCUT2D eigenvalue weighted by Crippen LogP contribution is -2.18. The number of halogens is 1. The van der Waals surface area contributed by atoms with Gasteiger partial charge in [0.25, 0.3) is 0 Å². The Morgan fingerprint density at radius 3 is 2.73 bits per heavy atom. The number of ketones is 1. The van der Waals surface area contributed by atoms with Crippen molar-refractivity contribution in [3.05, 3.63) is 27.7 Å². The van der Waals surface area contributed by atoms with E-state index in [1.54, 1.807) is 6.92 Å². The monoisotopic (exact) mass is 268 g/mol. The molecule has 2 rings (SSSR count). The molecule has 0 aromatic heterocycles. The summed E-state index contributed by atoms with van der Waals surface area (Å²) in [5.74, 6) is 0.964. The molecule has 0 atom stereocenters. The zero-order valence-electron chi connectivity index (χ0n) is 9.06. The average molecular weight is 269 g/mol. The van der Waals surface area contributed by atoms with E-state index in [0.717, 1.165) is 21.3 Å². The molecule has 0 bridgehead atoms. The highest BCUT2D eigenvalue weighted by Crippen LogP contribution is 2.43. The van der Waals surface area contributed by atoms with Gasteiger partial charge in [-0.25, -0.2) is 0 Å². The van der Waals surface area contributed by atoms with Crippen LogP contribution < -0.4 is 4.74 Å². The minimum atomic E-state index is -0.0106. The number of carbonyl (C=O) groups excluding carboxylic acids is 1. The quantitative estimate of drug-likeness (QED) is 0.731. The van der Waals surface area contributed by atoms with Crippen LogP contribution in [0, 0.1) is 0 Å². The third kappa shape index (κ3) is 1.69. The van der Waals surface area contributed by atoms with Gasteiger partial charge in [-0.1, -0.05) is 13.8 Å². The highest BCUT2D eigenvalue weighted by molar-refractivity contribution is 9.10. The molecular formula is C12H13BrO2. The predicted octanol–water partition coefficient (Wildman–Crippen LogP) is 3.32. The molecule has 1 aliphatic heterocycles. The van der Waals surface area contributed by atoms with E-state index in [4.69, 9.17) is 4.74 Å². The standard InChI is InChI=1S/C12H13BrO2/c1-7(14)8-4-9-11(10(13)5-8)15-6-12(9,2)3/h4-5H,6H2,1-3H3. The van der Waals surface area contributed by atoms with Crippen molar-refractivity contribution in [3.8, 4) is 5.75 Å². The van der Waals surface area contributed by atoms with E-state index in [0.29, 0.717) is 6.61 Å². The van der Waals surface area contributed by atoms with Crippen LogP contribution in [0.5, 0.6) is 5.75 Å². The maximum atomic E-state index is 11.3. The average Bonchev–Trinajstić information content (AvgIpc) is 2.43. The maximum absolute atomic E-state index is 11.3. The van der Waals surface area contributed by atoms with E-state index in [9.17, 15) is 4.79 Å². The molecule has 0 saturated carbocycles. The first-order chi connectivity index (χ1) is 6.92. The number of hydrogen-bond donors (Lipinski definition) is 0. The lowest BCUT2D eigenvalue weighted by molar-refractivity contribution is 0.101. The topological polar surface area (TPSA) is 26.3 Å². The van der Waals surface area contributed by atoms with Crippen molar-refractivity contribution in [3.63, 3.8) is 0 Å². The fourth-order valence-electron chi connectivity index (χ4n) is 1.78. The summed E-state index contributed by atoms with van der Waals surface area (Å²) in [6.07, 6.45) is 0. The fraction of sp³-hybridized carbons (Fsp3) is 0.417. The highest BCUT2D eigenvalue weighted by Gasteiger charge is 2.33. The van der Waals surface area contributed by atoms with E-state index in [2.05, 4.69) is 29.8 Å². The van der Waals surface area contributed by atoms with E-state index in [1.165, 1.54) is 0 Å². The Labute approximate surface area is 97.8 Å². The van der Waals surface area contributed by atoms with Crippen molar-refractivity contribution in [1.29, 1.82) is 0 Å². The summed E-state index contributed by atoms with van der Waals surface area (Å²) < 4.78 is 6.49. The second-order valence-corrected chi connectivity index (χ2v) is 5.42. The Balaban J connectivity index is 2.63. The number of benzene rings is 1. The number of ether oxygens (including phenoxy) is 1. The molecule has 0 N–H and O–H groups in total. The second-order valence-electron chi connectivity index (χ2n) is 4.56. The van der Waals surface area contributed by atoms with Crippen molar-refractivity contribution in [2.75, 3.05) is 6.61 Å². The molecule has 15 heavy (non-hydrogen) atoms. The molecule has 3 heteroatoms. The SMILES string of the molecule is CC(=O)c1cc(Br)c2c(c1)C(C)(C)CO2. The van der Waals surface area contributed by atoms with Crippen LogP contribution >= 0.6 is 15.9 Å². The van der Waals surface area contributed by atoms with E-state index in [-0.39, 0.29) is 11.2 Å². The van der Waals surface area contributed by atoms with Gasteiger partial charge < -0.3 is 4.74 Å². The third-order valence-corrected chi connectivity index (χ3v) is 3.35. The number of rotatable bonds is 1. The lowest BCUT2D eigenvalue weighted by atomic mass is 9.86. The summed E-state index contributed by atoms with van der Waals surface area (Å²) in [7, 11) is 0.